The van der Waals surface area contributed by atoms with Gasteiger partial charge in [0.2, 0.25) is 0 Å². The number of hydrogen-bond acceptors (Lipinski definition) is 2. The zero-order valence-corrected chi connectivity index (χ0v) is 11.7. The molecule has 0 N–H and O–H groups in total. The number of rotatable bonds is 5. The normalized spacial score (nSPS) is 11.0. The first-order valence-electron chi connectivity index (χ1n) is 5.97. The second-order valence-electron chi connectivity index (χ2n) is 4.96. The third-order valence-corrected chi connectivity index (χ3v) is 2.96. The molecular formula is C14H20ClNO. The van der Waals surface area contributed by atoms with Crippen LogP contribution in [0, 0.1) is 5.92 Å². The van der Waals surface area contributed by atoms with Crippen LogP contribution < -0.4 is 4.90 Å². The molecule has 0 saturated heterocycles. The Hall–Kier alpha value is -1.02. The molecule has 94 valence electrons. The van der Waals surface area contributed by atoms with Crippen LogP contribution in [0.1, 0.15) is 38.1 Å². The van der Waals surface area contributed by atoms with E-state index in [0.29, 0.717) is 22.5 Å². The van der Waals surface area contributed by atoms with Gasteiger partial charge in [-0.15, -0.1) is 0 Å². The molecule has 0 bridgehead atoms. The lowest BCUT2D eigenvalue weighted by Crippen LogP contribution is -2.34. The molecule has 0 saturated carbocycles. The highest BCUT2D eigenvalue weighted by molar-refractivity contribution is 6.33. The summed E-state index contributed by atoms with van der Waals surface area (Å²) in [5.74, 6) is 0.585. The number of hydrogen-bond donors (Lipinski definition) is 0. The monoisotopic (exact) mass is 253 g/mol. The fourth-order valence-corrected chi connectivity index (χ4v) is 2.02. The van der Waals surface area contributed by atoms with Crippen LogP contribution in [0.15, 0.2) is 18.2 Å². The van der Waals surface area contributed by atoms with Crippen molar-refractivity contribution in [3.05, 3.63) is 28.8 Å². The summed E-state index contributed by atoms with van der Waals surface area (Å²) in [6.45, 7) is 9.68. The molecule has 1 aromatic carbocycles. The van der Waals surface area contributed by atoms with Crippen LogP contribution in [-0.4, -0.2) is 18.9 Å². The Kier molecular flexibility index (Phi) is 5.01. The Bertz CT molecular complexity index is 388. The maximum Gasteiger partial charge on any atom is 0.151 e. The molecule has 3 heteroatoms. The fourth-order valence-electron chi connectivity index (χ4n) is 1.80. The largest absolute Gasteiger partial charge is 0.369 e. The molecule has 0 spiro atoms. The maximum absolute atomic E-state index is 10.7. The van der Waals surface area contributed by atoms with Crippen molar-refractivity contribution < 1.29 is 4.79 Å². The molecule has 0 radical (unpaired) electrons. The zero-order valence-electron chi connectivity index (χ0n) is 10.9. The molecule has 0 unspecified atom stereocenters. The lowest BCUT2D eigenvalue weighted by molar-refractivity contribution is 0.112. The van der Waals surface area contributed by atoms with E-state index in [-0.39, 0.29) is 0 Å². The summed E-state index contributed by atoms with van der Waals surface area (Å²) in [6.07, 6.45) is 0.786. The van der Waals surface area contributed by atoms with Gasteiger partial charge in [-0.3, -0.25) is 4.79 Å². The van der Waals surface area contributed by atoms with Crippen LogP contribution in [0.25, 0.3) is 0 Å². The Morgan fingerprint density at radius 2 is 1.94 bits per heavy atom. The summed E-state index contributed by atoms with van der Waals surface area (Å²) < 4.78 is 0. The first-order valence-corrected chi connectivity index (χ1v) is 6.35. The van der Waals surface area contributed by atoms with Gasteiger partial charge in [0, 0.05) is 23.8 Å². The molecule has 0 amide bonds. The lowest BCUT2D eigenvalue weighted by Gasteiger charge is -2.31. The van der Waals surface area contributed by atoms with Crippen LogP contribution in [0.3, 0.4) is 0 Å². The number of halogens is 1. The summed E-state index contributed by atoms with van der Waals surface area (Å²) in [5.41, 5.74) is 1.62. The summed E-state index contributed by atoms with van der Waals surface area (Å²) in [5, 5.41) is 0.520. The standard InChI is InChI=1S/C14H20ClNO/c1-10(2)8-16(11(3)4)13-6-5-12(9-17)14(15)7-13/h5-7,9-11H,8H2,1-4H3. The van der Waals surface area contributed by atoms with Gasteiger partial charge >= 0.3 is 0 Å². The van der Waals surface area contributed by atoms with Crippen molar-refractivity contribution in [1.29, 1.82) is 0 Å². The summed E-state index contributed by atoms with van der Waals surface area (Å²) in [7, 11) is 0. The van der Waals surface area contributed by atoms with E-state index in [1.807, 2.05) is 12.1 Å². The van der Waals surface area contributed by atoms with Crippen LogP contribution >= 0.6 is 11.6 Å². The SMILES string of the molecule is CC(C)CN(c1ccc(C=O)c(Cl)c1)C(C)C. The molecule has 0 heterocycles. The molecule has 1 aromatic rings. The second kappa shape index (κ2) is 6.06. The van der Waals surface area contributed by atoms with E-state index in [1.165, 1.54) is 0 Å². The van der Waals surface area contributed by atoms with E-state index < -0.39 is 0 Å². The number of benzene rings is 1. The second-order valence-corrected chi connectivity index (χ2v) is 5.37. The van der Waals surface area contributed by atoms with Crippen molar-refractivity contribution >= 4 is 23.6 Å². The first-order chi connectivity index (χ1) is 7.95. The number of carbonyl (C=O) groups is 1. The van der Waals surface area contributed by atoms with Gasteiger partial charge in [0.25, 0.3) is 0 Å². The van der Waals surface area contributed by atoms with Gasteiger partial charge < -0.3 is 4.90 Å². The Morgan fingerprint density at radius 1 is 1.29 bits per heavy atom. The highest BCUT2D eigenvalue weighted by Gasteiger charge is 2.13. The van der Waals surface area contributed by atoms with Gasteiger partial charge in [0.15, 0.2) is 6.29 Å². The summed E-state index contributed by atoms with van der Waals surface area (Å²) in [4.78, 5) is 13.0. The highest BCUT2D eigenvalue weighted by Crippen LogP contribution is 2.25. The van der Waals surface area contributed by atoms with Gasteiger partial charge in [-0.2, -0.15) is 0 Å². The molecule has 2 nitrogen and oxygen atoms in total. The predicted molar refractivity (Wildman–Crippen MR) is 74.2 cm³/mol. The van der Waals surface area contributed by atoms with Gasteiger partial charge in [0.05, 0.1) is 5.02 Å². The molecule has 0 aliphatic rings. The van der Waals surface area contributed by atoms with Gasteiger partial charge in [-0.1, -0.05) is 25.4 Å². The van der Waals surface area contributed by atoms with E-state index in [1.54, 1.807) is 6.07 Å². The van der Waals surface area contributed by atoms with Crippen LogP contribution in [0.2, 0.25) is 5.02 Å². The lowest BCUT2D eigenvalue weighted by atomic mass is 10.1. The molecule has 0 fully saturated rings. The minimum absolute atomic E-state index is 0.413. The third kappa shape index (κ3) is 3.74. The Balaban J connectivity index is 3.02. The predicted octanol–water partition coefficient (Wildman–Crippen LogP) is 4.02. The molecule has 1 rings (SSSR count). The van der Waals surface area contributed by atoms with Crippen molar-refractivity contribution in [2.75, 3.05) is 11.4 Å². The van der Waals surface area contributed by atoms with Crippen molar-refractivity contribution in [2.24, 2.45) is 5.92 Å². The number of aldehydes is 1. The third-order valence-electron chi connectivity index (χ3n) is 2.63. The first kappa shape index (κ1) is 14.0. The number of anilines is 1. The van der Waals surface area contributed by atoms with E-state index in [0.717, 1.165) is 18.5 Å². The molecule has 0 aliphatic heterocycles. The fraction of sp³-hybridized carbons (Fsp3) is 0.500. The molecular weight excluding hydrogens is 234 g/mol. The minimum Gasteiger partial charge on any atom is -0.369 e. The average molecular weight is 254 g/mol. The van der Waals surface area contributed by atoms with Gasteiger partial charge in [0.1, 0.15) is 0 Å². The zero-order chi connectivity index (χ0) is 13.0. The molecule has 17 heavy (non-hydrogen) atoms. The smallest absolute Gasteiger partial charge is 0.151 e. The number of carbonyl (C=O) groups excluding carboxylic acids is 1. The van der Waals surface area contributed by atoms with Crippen LogP contribution in [0.4, 0.5) is 5.69 Å². The molecule has 0 aromatic heterocycles. The highest BCUT2D eigenvalue weighted by atomic mass is 35.5. The molecule has 0 atom stereocenters. The van der Waals surface area contributed by atoms with Crippen LogP contribution in [0.5, 0.6) is 0 Å². The maximum atomic E-state index is 10.7. The average Bonchev–Trinajstić information content (AvgIpc) is 2.25. The van der Waals surface area contributed by atoms with E-state index in [2.05, 4.69) is 32.6 Å². The van der Waals surface area contributed by atoms with Crippen molar-refractivity contribution in [1.82, 2.24) is 0 Å². The van der Waals surface area contributed by atoms with Crippen molar-refractivity contribution in [2.45, 2.75) is 33.7 Å². The van der Waals surface area contributed by atoms with E-state index in [9.17, 15) is 4.79 Å². The summed E-state index contributed by atoms with van der Waals surface area (Å²) >= 11 is 6.06. The van der Waals surface area contributed by atoms with E-state index >= 15 is 0 Å². The van der Waals surface area contributed by atoms with E-state index in [4.69, 9.17) is 11.6 Å². The quantitative estimate of drug-likeness (QED) is 0.739. The summed E-state index contributed by atoms with van der Waals surface area (Å²) in [6, 6.07) is 6.02. The van der Waals surface area contributed by atoms with Crippen molar-refractivity contribution in [3.8, 4) is 0 Å². The number of nitrogens with zero attached hydrogens (tertiary/aromatic N) is 1. The Labute approximate surface area is 109 Å². The van der Waals surface area contributed by atoms with Crippen molar-refractivity contribution in [3.63, 3.8) is 0 Å². The topological polar surface area (TPSA) is 20.3 Å². The molecule has 0 aliphatic carbocycles. The minimum atomic E-state index is 0.413. The van der Waals surface area contributed by atoms with Crippen LogP contribution in [-0.2, 0) is 0 Å². The van der Waals surface area contributed by atoms with Gasteiger partial charge in [-0.25, -0.2) is 0 Å². The van der Waals surface area contributed by atoms with Gasteiger partial charge in [-0.05, 0) is 38.0 Å². The Morgan fingerprint density at radius 3 is 2.35 bits per heavy atom.